The van der Waals surface area contributed by atoms with E-state index >= 15 is 0 Å². The van der Waals surface area contributed by atoms with Crippen molar-refractivity contribution in [1.82, 2.24) is 20.0 Å². The predicted molar refractivity (Wildman–Crippen MR) is 117 cm³/mol. The van der Waals surface area contributed by atoms with Gasteiger partial charge in [-0.15, -0.1) is 0 Å². The molecule has 10 heteroatoms. The van der Waals surface area contributed by atoms with Crippen molar-refractivity contribution in [3.8, 4) is 0 Å². The minimum absolute atomic E-state index is 0.171. The van der Waals surface area contributed by atoms with E-state index in [1.54, 1.807) is 17.2 Å². The number of hydrogen-bond acceptors (Lipinski definition) is 7. The number of carbonyl (C=O) groups excluding carboxylic acids is 3. The first-order valence-electron chi connectivity index (χ1n) is 10.7. The van der Waals surface area contributed by atoms with Crippen LogP contribution in [0.25, 0.3) is 10.8 Å². The summed E-state index contributed by atoms with van der Waals surface area (Å²) in [7, 11) is 0. The first-order valence-corrected chi connectivity index (χ1v) is 10.7. The highest BCUT2D eigenvalue weighted by atomic mass is 16.6. The molecular weight excluding hydrogens is 414 g/mol. The van der Waals surface area contributed by atoms with Crippen LogP contribution in [0.15, 0.2) is 29.2 Å². The lowest BCUT2D eigenvalue weighted by Crippen LogP contribution is -2.50. The number of fused-ring (bicyclic) bond motifs is 1. The Balaban J connectivity index is 1.53. The van der Waals surface area contributed by atoms with Gasteiger partial charge in [-0.25, -0.2) is 9.48 Å². The van der Waals surface area contributed by atoms with Gasteiger partial charge in [0.15, 0.2) is 0 Å². The molecule has 1 aromatic carbocycles. The van der Waals surface area contributed by atoms with Crippen molar-refractivity contribution in [2.45, 2.75) is 45.3 Å². The Morgan fingerprint density at radius 2 is 1.84 bits per heavy atom. The zero-order valence-corrected chi connectivity index (χ0v) is 18.5. The van der Waals surface area contributed by atoms with Crippen LogP contribution < -0.4 is 15.8 Å². The number of benzene rings is 1. The smallest absolute Gasteiger partial charge is 0.410 e. The van der Waals surface area contributed by atoms with E-state index < -0.39 is 17.6 Å². The Kier molecular flexibility index (Phi) is 5.62. The van der Waals surface area contributed by atoms with E-state index in [1.165, 1.54) is 0 Å². The van der Waals surface area contributed by atoms with E-state index in [9.17, 15) is 19.2 Å². The molecular formula is C22H27N5O5. The molecule has 1 atom stereocenters. The van der Waals surface area contributed by atoms with E-state index in [2.05, 4.69) is 15.3 Å². The van der Waals surface area contributed by atoms with Crippen LogP contribution in [0.5, 0.6) is 0 Å². The second kappa shape index (κ2) is 8.25. The van der Waals surface area contributed by atoms with E-state index in [4.69, 9.17) is 4.74 Å². The van der Waals surface area contributed by atoms with Crippen LogP contribution >= 0.6 is 0 Å². The fraction of sp³-hybridized carbons (Fsp3) is 0.500. The molecule has 2 aliphatic heterocycles. The Morgan fingerprint density at radius 3 is 2.50 bits per heavy atom. The van der Waals surface area contributed by atoms with Crippen molar-refractivity contribution in [2.75, 3.05) is 31.1 Å². The average molecular weight is 441 g/mol. The summed E-state index contributed by atoms with van der Waals surface area (Å²) < 4.78 is 6.60. The Hall–Kier alpha value is -3.43. The van der Waals surface area contributed by atoms with Gasteiger partial charge in [0.25, 0.3) is 11.5 Å². The highest BCUT2D eigenvalue weighted by Crippen LogP contribution is 2.23. The molecule has 1 unspecified atom stereocenters. The highest BCUT2D eigenvalue weighted by molar-refractivity contribution is 5.99. The lowest BCUT2D eigenvalue weighted by molar-refractivity contribution is -0.136. The number of amides is 3. The maximum Gasteiger partial charge on any atom is 0.410 e. The van der Waals surface area contributed by atoms with E-state index in [1.807, 2.05) is 32.9 Å². The molecule has 1 aromatic heterocycles. The van der Waals surface area contributed by atoms with Gasteiger partial charge < -0.3 is 14.5 Å². The standard InChI is InChI=1S/C22H27N5O5/c1-22(2,3)32-21(31)26-10-8-25(9-11-26)15-5-4-14-13-23-27(20(30)16(14)12-15)17-6-7-18(28)24-19(17)29/h4-5,12-13,17H,6-11H2,1-3H3,(H,24,28,29). The zero-order chi connectivity index (χ0) is 23.0. The normalized spacial score (nSPS) is 19.8. The molecule has 1 N–H and O–H groups in total. The maximum absolute atomic E-state index is 13.1. The highest BCUT2D eigenvalue weighted by Gasteiger charge is 2.30. The molecule has 170 valence electrons. The third-order valence-corrected chi connectivity index (χ3v) is 5.60. The average Bonchev–Trinajstić information content (AvgIpc) is 2.73. The molecule has 0 bridgehead atoms. The third kappa shape index (κ3) is 4.44. The molecule has 0 radical (unpaired) electrons. The summed E-state index contributed by atoms with van der Waals surface area (Å²) >= 11 is 0. The van der Waals surface area contributed by atoms with Crippen LogP contribution in [0.2, 0.25) is 0 Å². The topological polar surface area (TPSA) is 114 Å². The molecule has 2 aromatic rings. The van der Waals surface area contributed by atoms with Crippen LogP contribution in [0.3, 0.4) is 0 Å². The molecule has 4 rings (SSSR count). The zero-order valence-electron chi connectivity index (χ0n) is 18.5. The SMILES string of the molecule is CC(C)(C)OC(=O)N1CCN(c2ccc3cnn(C4CCC(=O)NC4=O)c(=O)c3c2)CC1. The molecule has 0 aliphatic carbocycles. The maximum atomic E-state index is 13.1. The van der Waals surface area contributed by atoms with Crippen molar-refractivity contribution < 1.29 is 19.1 Å². The number of rotatable bonds is 2. The molecule has 2 saturated heterocycles. The number of nitrogens with zero attached hydrogens (tertiary/aromatic N) is 4. The summed E-state index contributed by atoms with van der Waals surface area (Å²) in [6.07, 6.45) is 1.65. The number of anilines is 1. The van der Waals surface area contributed by atoms with Gasteiger partial charge in [0.2, 0.25) is 5.91 Å². The van der Waals surface area contributed by atoms with E-state index in [0.717, 1.165) is 10.4 Å². The summed E-state index contributed by atoms with van der Waals surface area (Å²) in [4.78, 5) is 52.8. The summed E-state index contributed by atoms with van der Waals surface area (Å²) in [5.74, 6) is -0.850. The molecule has 10 nitrogen and oxygen atoms in total. The van der Waals surface area contributed by atoms with Gasteiger partial charge in [0.1, 0.15) is 11.6 Å². The summed E-state index contributed by atoms with van der Waals surface area (Å²) in [5.41, 5.74) is -0.0473. The molecule has 32 heavy (non-hydrogen) atoms. The summed E-state index contributed by atoms with van der Waals surface area (Å²) in [6, 6.07) is 4.74. The summed E-state index contributed by atoms with van der Waals surface area (Å²) in [6.45, 7) is 7.77. The molecule has 0 spiro atoms. The van der Waals surface area contributed by atoms with Gasteiger partial charge in [-0.05, 0) is 39.3 Å². The molecule has 2 fully saturated rings. The van der Waals surface area contributed by atoms with Crippen molar-refractivity contribution in [1.29, 1.82) is 0 Å². The number of hydrogen-bond donors (Lipinski definition) is 1. The van der Waals surface area contributed by atoms with Crippen molar-refractivity contribution in [2.24, 2.45) is 0 Å². The van der Waals surface area contributed by atoms with Gasteiger partial charge in [-0.3, -0.25) is 19.7 Å². The Bertz CT molecular complexity index is 1130. The van der Waals surface area contributed by atoms with Gasteiger partial charge in [0, 0.05) is 43.7 Å². The third-order valence-electron chi connectivity index (χ3n) is 5.60. The van der Waals surface area contributed by atoms with Crippen LogP contribution in [0, 0.1) is 0 Å². The number of ether oxygens (including phenoxy) is 1. The molecule has 0 saturated carbocycles. The van der Waals surface area contributed by atoms with Gasteiger partial charge in [-0.1, -0.05) is 6.07 Å². The Morgan fingerprint density at radius 1 is 1.12 bits per heavy atom. The lowest BCUT2D eigenvalue weighted by atomic mass is 10.1. The molecule has 3 heterocycles. The van der Waals surface area contributed by atoms with Crippen LogP contribution in [-0.4, -0.2) is 64.4 Å². The number of carbonyl (C=O) groups is 3. The molecule has 3 amide bonds. The summed E-state index contributed by atoms with van der Waals surface area (Å²) in [5, 5.41) is 7.56. The van der Waals surface area contributed by atoms with Crippen LogP contribution in [-0.2, 0) is 14.3 Å². The number of aromatic nitrogens is 2. The fourth-order valence-electron chi connectivity index (χ4n) is 3.95. The largest absolute Gasteiger partial charge is 0.444 e. The van der Waals surface area contributed by atoms with Crippen molar-refractivity contribution in [3.63, 3.8) is 0 Å². The van der Waals surface area contributed by atoms with Crippen LogP contribution in [0.1, 0.15) is 39.7 Å². The van der Waals surface area contributed by atoms with Crippen molar-refractivity contribution in [3.05, 3.63) is 34.7 Å². The number of imide groups is 1. The number of piperidine rings is 1. The predicted octanol–water partition coefficient (Wildman–Crippen LogP) is 1.43. The first kappa shape index (κ1) is 21.8. The minimum atomic E-state index is -0.800. The van der Waals surface area contributed by atoms with Crippen molar-refractivity contribution >= 4 is 34.4 Å². The number of nitrogens with one attached hydrogen (secondary N) is 1. The molecule has 2 aliphatic rings. The monoisotopic (exact) mass is 441 g/mol. The fourth-order valence-corrected chi connectivity index (χ4v) is 3.95. The second-order valence-electron chi connectivity index (χ2n) is 9.09. The quantitative estimate of drug-likeness (QED) is 0.702. The van der Waals surface area contributed by atoms with E-state index in [0.29, 0.717) is 37.0 Å². The Labute approximate surface area is 185 Å². The first-order chi connectivity index (χ1) is 15.1. The number of piperazine rings is 1. The lowest BCUT2D eigenvalue weighted by Gasteiger charge is -2.36. The second-order valence-corrected chi connectivity index (χ2v) is 9.09. The van der Waals surface area contributed by atoms with Gasteiger partial charge in [-0.2, -0.15) is 5.10 Å². The van der Waals surface area contributed by atoms with E-state index in [-0.39, 0.29) is 30.4 Å². The van der Waals surface area contributed by atoms with Gasteiger partial charge >= 0.3 is 6.09 Å². The minimum Gasteiger partial charge on any atom is -0.444 e. The van der Waals surface area contributed by atoms with Gasteiger partial charge in [0.05, 0.1) is 11.6 Å². The van der Waals surface area contributed by atoms with Crippen LogP contribution in [0.4, 0.5) is 10.5 Å².